The maximum atomic E-state index is 12.5. The summed E-state index contributed by atoms with van der Waals surface area (Å²) in [5, 5.41) is 10.3. The summed E-state index contributed by atoms with van der Waals surface area (Å²) < 4.78 is 1.48. The summed E-state index contributed by atoms with van der Waals surface area (Å²) in [6.07, 6.45) is 3.67. The average Bonchev–Trinajstić information content (AvgIpc) is 3.04. The lowest BCUT2D eigenvalue weighted by Crippen LogP contribution is -2.35. The smallest absolute Gasteiger partial charge is 0.320 e. The second kappa shape index (κ2) is 7.85. The van der Waals surface area contributed by atoms with E-state index in [2.05, 4.69) is 25.7 Å². The van der Waals surface area contributed by atoms with E-state index in [0.717, 1.165) is 37.1 Å². The Bertz CT molecular complexity index is 828. The van der Waals surface area contributed by atoms with Gasteiger partial charge in [0.1, 0.15) is 5.82 Å². The second-order valence-corrected chi connectivity index (χ2v) is 8.96. The van der Waals surface area contributed by atoms with Crippen molar-refractivity contribution in [1.29, 1.82) is 0 Å². The van der Waals surface area contributed by atoms with E-state index < -0.39 is 0 Å². The fourth-order valence-corrected chi connectivity index (χ4v) is 3.27. The fraction of sp³-hybridized carbons (Fsp3) is 0.650. The van der Waals surface area contributed by atoms with Crippen LogP contribution in [0.4, 0.5) is 10.6 Å². The minimum absolute atomic E-state index is 0.164. The zero-order valence-electron chi connectivity index (χ0n) is 17.4. The van der Waals surface area contributed by atoms with Crippen molar-refractivity contribution in [1.82, 2.24) is 15.1 Å². The zero-order valence-corrected chi connectivity index (χ0v) is 17.4. The molecule has 0 bridgehead atoms. The molecule has 1 aliphatic heterocycles. The monoisotopic (exact) mass is 386 g/mol. The van der Waals surface area contributed by atoms with Crippen molar-refractivity contribution >= 4 is 29.4 Å². The lowest BCUT2D eigenvalue weighted by Gasteiger charge is -2.24. The first-order valence-corrected chi connectivity index (χ1v) is 10.0. The number of nitrogens with zero attached hydrogens (tertiary/aromatic N) is 4. The Kier molecular flexibility index (Phi) is 5.67. The molecule has 1 aromatic heterocycles. The number of nitrogens with one attached hydrogen (secondary N) is 2. The van der Waals surface area contributed by atoms with Gasteiger partial charge in [0.2, 0.25) is 0 Å². The van der Waals surface area contributed by atoms with Crippen molar-refractivity contribution < 1.29 is 9.59 Å². The molecule has 1 unspecified atom stereocenters. The van der Waals surface area contributed by atoms with E-state index in [9.17, 15) is 9.59 Å². The molecular weight excluding hydrogens is 356 g/mol. The Labute approximate surface area is 165 Å². The van der Waals surface area contributed by atoms with Crippen molar-refractivity contribution in [3.63, 3.8) is 0 Å². The molecule has 152 valence electrons. The van der Waals surface area contributed by atoms with E-state index in [4.69, 9.17) is 0 Å². The van der Waals surface area contributed by atoms with Gasteiger partial charge >= 0.3 is 6.03 Å². The third kappa shape index (κ3) is 4.48. The normalized spacial score (nSPS) is 19.8. The van der Waals surface area contributed by atoms with Gasteiger partial charge in [0.25, 0.3) is 11.9 Å². The number of fused-ring (bicyclic) bond motifs is 1. The van der Waals surface area contributed by atoms with Crippen LogP contribution >= 0.6 is 0 Å². The molecule has 2 N–H and O–H groups in total. The number of amides is 3. The van der Waals surface area contributed by atoms with Crippen LogP contribution in [0.25, 0.3) is 0 Å². The van der Waals surface area contributed by atoms with E-state index in [-0.39, 0.29) is 29.2 Å². The van der Waals surface area contributed by atoms with Crippen LogP contribution in [0.1, 0.15) is 66.0 Å². The number of hydrogen-bond acceptors (Lipinski definition) is 4. The molecule has 1 fully saturated rings. The Hall–Kier alpha value is -2.51. The van der Waals surface area contributed by atoms with Gasteiger partial charge < -0.3 is 5.32 Å². The molecule has 1 atom stereocenters. The molecule has 1 aliphatic carbocycles. The van der Waals surface area contributed by atoms with Crippen LogP contribution in [-0.2, 0) is 10.2 Å². The molecule has 0 saturated heterocycles. The van der Waals surface area contributed by atoms with Crippen LogP contribution in [0.3, 0.4) is 0 Å². The highest BCUT2D eigenvalue weighted by Gasteiger charge is 2.32. The predicted molar refractivity (Wildman–Crippen MR) is 110 cm³/mol. The highest BCUT2D eigenvalue weighted by molar-refractivity contribution is 6.16. The molecule has 28 heavy (non-hydrogen) atoms. The summed E-state index contributed by atoms with van der Waals surface area (Å²) in [5.74, 6) is 0.670. The maximum Gasteiger partial charge on any atom is 0.320 e. The highest BCUT2D eigenvalue weighted by Crippen LogP contribution is 2.28. The molecule has 8 heteroatoms. The maximum absolute atomic E-state index is 12.5. The molecule has 0 spiro atoms. The van der Waals surface area contributed by atoms with Gasteiger partial charge in [-0.25, -0.2) is 9.79 Å². The van der Waals surface area contributed by atoms with Crippen LogP contribution in [0.5, 0.6) is 0 Å². The molecule has 1 aromatic rings. The molecule has 1 saturated carbocycles. The third-order valence-corrected chi connectivity index (χ3v) is 4.91. The van der Waals surface area contributed by atoms with Crippen molar-refractivity contribution in [3.05, 3.63) is 11.8 Å². The molecule has 0 aromatic carbocycles. The van der Waals surface area contributed by atoms with Crippen molar-refractivity contribution in [2.75, 3.05) is 11.9 Å². The van der Waals surface area contributed by atoms with Crippen LogP contribution in [0.2, 0.25) is 0 Å². The Morgan fingerprint density at radius 3 is 2.71 bits per heavy atom. The number of rotatable bonds is 3. The number of aromatic nitrogens is 2. The number of aliphatic imine (C=N–C) groups is 2. The summed E-state index contributed by atoms with van der Waals surface area (Å²) in [5.41, 5.74) is 1.44. The van der Waals surface area contributed by atoms with E-state index in [1.807, 2.05) is 40.7 Å². The number of hydrogen-bond donors (Lipinski definition) is 2. The standard InChI is InChI=1S/C20H30N6O2/c1-12(2)11-21-19(28)23-16-10-15(20(3,4)5)25-26(16)18-22-14-9-7-6-8-13(14)17(27)24-18/h10,12-13H,6-9,11H2,1-5H3,(H2,21,23,28). The predicted octanol–water partition coefficient (Wildman–Crippen LogP) is 3.33. The number of carbonyl (C=O) groups is 2. The first-order chi connectivity index (χ1) is 13.1. The van der Waals surface area contributed by atoms with Gasteiger partial charge in [-0.3, -0.25) is 10.1 Å². The molecule has 3 rings (SSSR count). The Morgan fingerprint density at radius 1 is 1.29 bits per heavy atom. The van der Waals surface area contributed by atoms with Crippen molar-refractivity contribution in [2.24, 2.45) is 21.8 Å². The van der Waals surface area contributed by atoms with Gasteiger partial charge in [-0.2, -0.15) is 14.8 Å². The summed E-state index contributed by atoms with van der Waals surface area (Å²) in [4.78, 5) is 33.6. The number of carbonyl (C=O) groups excluding carboxylic acids is 2. The van der Waals surface area contributed by atoms with Gasteiger partial charge in [-0.15, -0.1) is 0 Å². The molecule has 2 heterocycles. The van der Waals surface area contributed by atoms with E-state index in [1.165, 1.54) is 4.68 Å². The van der Waals surface area contributed by atoms with Crippen molar-refractivity contribution in [3.8, 4) is 0 Å². The average molecular weight is 387 g/mol. The molecule has 8 nitrogen and oxygen atoms in total. The lowest BCUT2D eigenvalue weighted by atomic mass is 9.86. The minimum Gasteiger partial charge on any atom is -0.338 e. The van der Waals surface area contributed by atoms with Gasteiger partial charge in [0, 0.05) is 23.7 Å². The van der Waals surface area contributed by atoms with Crippen LogP contribution in [0.15, 0.2) is 16.1 Å². The van der Waals surface area contributed by atoms with Crippen molar-refractivity contribution in [2.45, 2.75) is 65.7 Å². The molecule has 3 amide bonds. The third-order valence-electron chi connectivity index (χ3n) is 4.91. The molecule has 2 aliphatic rings. The van der Waals surface area contributed by atoms with E-state index >= 15 is 0 Å². The summed E-state index contributed by atoms with van der Waals surface area (Å²) in [6.45, 7) is 10.7. The topological polar surface area (TPSA) is 101 Å². The lowest BCUT2D eigenvalue weighted by molar-refractivity contribution is -0.120. The van der Waals surface area contributed by atoms with Gasteiger partial charge in [0.05, 0.1) is 11.6 Å². The number of urea groups is 1. The largest absolute Gasteiger partial charge is 0.338 e. The quantitative estimate of drug-likeness (QED) is 0.833. The first-order valence-electron chi connectivity index (χ1n) is 10.0. The summed E-state index contributed by atoms with van der Waals surface area (Å²) in [6, 6.07) is 1.50. The van der Waals surface area contributed by atoms with Crippen LogP contribution < -0.4 is 10.6 Å². The van der Waals surface area contributed by atoms with E-state index in [1.54, 1.807) is 0 Å². The summed E-state index contributed by atoms with van der Waals surface area (Å²) >= 11 is 0. The number of anilines is 1. The molecule has 0 radical (unpaired) electrons. The minimum atomic E-state index is -0.318. The highest BCUT2D eigenvalue weighted by atomic mass is 16.2. The second-order valence-electron chi connectivity index (χ2n) is 8.96. The Morgan fingerprint density at radius 2 is 2.04 bits per heavy atom. The first kappa shape index (κ1) is 20.2. The summed E-state index contributed by atoms with van der Waals surface area (Å²) in [7, 11) is 0. The zero-order chi connectivity index (χ0) is 20.5. The van der Waals surface area contributed by atoms with Crippen LogP contribution in [0, 0.1) is 11.8 Å². The van der Waals surface area contributed by atoms with Gasteiger partial charge in [0.15, 0.2) is 0 Å². The van der Waals surface area contributed by atoms with E-state index in [0.29, 0.717) is 18.3 Å². The SMILES string of the molecule is CC(C)CNC(=O)Nc1cc(C(C)(C)C)nn1C1=NC(=O)C2CCCCC2=N1. The van der Waals surface area contributed by atoms with Gasteiger partial charge in [-0.1, -0.05) is 41.0 Å². The Balaban J connectivity index is 1.93. The van der Waals surface area contributed by atoms with Crippen LogP contribution in [-0.4, -0.2) is 39.9 Å². The van der Waals surface area contributed by atoms with Gasteiger partial charge in [-0.05, 0) is 25.2 Å². The fourth-order valence-electron chi connectivity index (χ4n) is 3.27. The molecular formula is C20H30N6O2.